The second kappa shape index (κ2) is 7.68. The van der Waals surface area contributed by atoms with E-state index >= 15 is 0 Å². The van der Waals surface area contributed by atoms with Crippen molar-refractivity contribution in [2.75, 3.05) is 26.0 Å². The maximum Gasteiger partial charge on any atom is 0.306 e. The highest BCUT2D eigenvalue weighted by atomic mass is 32.2. The van der Waals surface area contributed by atoms with Crippen LogP contribution >= 0.6 is 0 Å². The number of methoxy groups -OCH3 is 1. The number of quaternary nitrogens is 1. The van der Waals surface area contributed by atoms with Crippen LogP contribution in [0.5, 0.6) is 5.75 Å². The minimum Gasteiger partial charge on any atom is -0.496 e. The summed E-state index contributed by atoms with van der Waals surface area (Å²) in [4.78, 5) is 0. The van der Waals surface area contributed by atoms with Gasteiger partial charge in [-0.15, -0.1) is 0 Å². The highest BCUT2D eigenvalue weighted by Gasteiger charge is 2.42. The summed E-state index contributed by atoms with van der Waals surface area (Å²) in [6.07, 6.45) is 5.54. The Kier molecular flexibility index (Phi) is 5.51. The Labute approximate surface area is 161 Å². The molecular weight excluding hydrogens is 360 g/mol. The Bertz CT molecular complexity index is 996. The zero-order chi connectivity index (χ0) is 19.5. The second-order valence-corrected chi connectivity index (χ2v) is 8.80. The molecule has 0 radical (unpaired) electrons. The van der Waals surface area contributed by atoms with Crippen molar-refractivity contribution in [2.24, 2.45) is 5.73 Å². The van der Waals surface area contributed by atoms with Crippen LogP contribution in [-0.2, 0) is 10.0 Å². The van der Waals surface area contributed by atoms with E-state index in [-0.39, 0.29) is 9.64 Å². The first kappa shape index (κ1) is 19.4. The van der Waals surface area contributed by atoms with E-state index in [1.807, 2.05) is 60.7 Å². The van der Waals surface area contributed by atoms with Crippen molar-refractivity contribution in [2.45, 2.75) is 6.92 Å². The number of benzene rings is 2. The SMILES string of the molecule is CCS(=O)(=O)[N+]1(c2cccc(-c3ccccc3OC)c2)C=C(CN)C=CC1. The van der Waals surface area contributed by atoms with E-state index in [0.717, 1.165) is 22.4 Å². The van der Waals surface area contributed by atoms with Crippen molar-refractivity contribution in [1.29, 1.82) is 0 Å². The van der Waals surface area contributed by atoms with Crippen LogP contribution in [0, 0.1) is 0 Å². The van der Waals surface area contributed by atoms with E-state index in [4.69, 9.17) is 10.5 Å². The van der Waals surface area contributed by atoms with Gasteiger partial charge in [0.1, 0.15) is 18.5 Å². The van der Waals surface area contributed by atoms with Gasteiger partial charge < -0.3 is 10.5 Å². The van der Waals surface area contributed by atoms with Crippen molar-refractivity contribution < 1.29 is 13.2 Å². The van der Waals surface area contributed by atoms with E-state index in [0.29, 0.717) is 18.8 Å². The number of hydrogen-bond acceptors (Lipinski definition) is 4. The molecule has 1 heterocycles. The van der Waals surface area contributed by atoms with Gasteiger partial charge in [-0.3, -0.25) is 0 Å². The third kappa shape index (κ3) is 3.43. The van der Waals surface area contributed by atoms with Crippen molar-refractivity contribution in [3.05, 3.63) is 72.5 Å². The van der Waals surface area contributed by atoms with E-state index in [2.05, 4.69) is 0 Å². The number of para-hydroxylation sites is 1. The summed E-state index contributed by atoms with van der Waals surface area (Å²) >= 11 is 0. The number of hydrogen-bond donors (Lipinski definition) is 1. The summed E-state index contributed by atoms with van der Waals surface area (Å²) in [5.74, 6) is 0.782. The summed E-state index contributed by atoms with van der Waals surface area (Å²) < 4.78 is 31.5. The molecule has 0 fully saturated rings. The fraction of sp³-hybridized carbons (Fsp3) is 0.238. The van der Waals surface area contributed by atoms with Gasteiger partial charge in [0, 0.05) is 29.8 Å². The summed E-state index contributed by atoms with van der Waals surface area (Å²) in [5, 5.41) is 0. The lowest BCUT2D eigenvalue weighted by molar-refractivity contribution is 0.416. The number of nitrogens with two attached hydrogens (primary N) is 1. The van der Waals surface area contributed by atoms with Gasteiger partial charge in [-0.2, -0.15) is 12.3 Å². The predicted octanol–water partition coefficient (Wildman–Crippen LogP) is 3.43. The Morgan fingerprint density at radius 1 is 1.15 bits per heavy atom. The highest BCUT2D eigenvalue weighted by Crippen LogP contribution is 2.37. The van der Waals surface area contributed by atoms with Crippen LogP contribution in [0.25, 0.3) is 11.1 Å². The highest BCUT2D eigenvalue weighted by molar-refractivity contribution is 7.91. The Morgan fingerprint density at radius 3 is 2.63 bits per heavy atom. The monoisotopic (exact) mass is 385 g/mol. The van der Waals surface area contributed by atoms with Crippen LogP contribution < -0.4 is 14.4 Å². The van der Waals surface area contributed by atoms with Crippen LogP contribution in [0.3, 0.4) is 0 Å². The predicted molar refractivity (Wildman–Crippen MR) is 111 cm³/mol. The van der Waals surface area contributed by atoms with Crippen LogP contribution in [-0.4, -0.2) is 34.4 Å². The molecule has 142 valence electrons. The molecule has 3 rings (SSSR count). The Morgan fingerprint density at radius 2 is 1.93 bits per heavy atom. The van der Waals surface area contributed by atoms with Crippen LogP contribution in [0.15, 0.2) is 72.5 Å². The molecule has 2 aromatic carbocycles. The molecule has 2 aromatic rings. The first-order valence-electron chi connectivity index (χ1n) is 8.90. The Hall–Kier alpha value is -2.41. The number of sulfonamides is 1. The molecule has 27 heavy (non-hydrogen) atoms. The van der Waals surface area contributed by atoms with Gasteiger partial charge in [0.2, 0.25) is 0 Å². The fourth-order valence-electron chi connectivity index (χ4n) is 3.40. The van der Waals surface area contributed by atoms with Gasteiger partial charge in [0.25, 0.3) is 0 Å². The Balaban J connectivity index is 2.21. The van der Waals surface area contributed by atoms with Crippen molar-refractivity contribution in [3.8, 4) is 16.9 Å². The summed E-state index contributed by atoms with van der Waals surface area (Å²) in [5.41, 5.74) is 9.13. The van der Waals surface area contributed by atoms with Crippen LogP contribution in [0.1, 0.15) is 6.92 Å². The molecule has 0 amide bonds. The first-order chi connectivity index (χ1) is 13.0. The first-order valence-corrected chi connectivity index (χ1v) is 10.5. The second-order valence-electron chi connectivity index (χ2n) is 6.41. The molecule has 0 spiro atoms. The molecule has 2 N–H and O–H groups in total. The lowest BCUT2D eigenvalue weighted by Gasteiger charge is -2.34. The van der Waals surface area contributed by atoms with Gasteiger partial charge >= 0.3 is 10.0 Å². The van der Waals surface area contributed by atoms with Gasteiger partial charge in [0.15, 0.2) is 5.69 Å². The molecule has 0 saturated carbocycles. The summed E-state index contributed by atoms with van der Waals surface area (Å²) in [6, 6.07) is 15.3. The molecule has 5 nitrogen and oxygen atoms in total. The molecule has 1 unspecified atom stereocenters. The maximum absolute atomic E-state index is 13.1. The largest absolute Gasteiger partial charge is 0.496 e. The van der Waals surface area contributed by atoms with E-state index in [1.54, 1.807) is 20.2 Å². The number of ether oxygens (including phenoxy) is 1. The van der Waals surface area contributed by atoms with Gasteiger partial charge in [-0.25, -0.2) is 0 Å². The normalized spacial score (nSPS) is 19.6. The van der Waals surface area contributed by atoms with Gasteiger partial charge in [-0.05, 0) is 24.6 Å². The molecule has 0 saturated heterocycles. The maximum atomic E-state index is 13.1. The molecule has 0 aromatic heterocycles. The van der Waals surface area contributed by atoms with Gasteiger partial charge in [0.05, 0.1) is 12.9 Å². The third-order valence-electron chi connectivity index (χ3n) is 4.88. The van der Waals surface area contributed by atoms with E-state index in [1.165, 1.54) is 0 Å². The lowest BCUT2D eigenvalue weighted by Crippen LogP contribution is -2.51. The quantitative estimate of drug-likeness (QED) is 0.774. The van der Waals surface area contributed by atoms with Crippen molar-refractivity contribution in [3.63, 3.8) is 0 Å². The third-order valence-corrected chi connectivity index (χ3v) is 7.07. The summed E-state index contributed by atoms with van der Waals surface area (Å²) in [7, 11) is -1.84. The lowest BCUT2D eigenvalue weighted by atomic mass is 10.0. The minimum absolute atomic E-state index is 0.0358. The van der Waals surface area contributed by atoms with Crippen molar-refractivity contribution in [1.82, 2.24) is 3.89 Å². The molecule has 1 aliphatic rings. The van der Waals surface area contributed by atoms with Crippen LogP contribution in [0.4, 0.5) is 5.69 Å². The molecule has 1 atom stereocenters. The van der Waals surface area contributed by atoms with Crippen LogP contribution in [0.2, 0.25) is 0 Å². The average Bonchev–Trinajstić information content (AvgIpc) is 2.73. The molecule has 0 aliphatic carbocycles. The topological polar surface area (TPSA) is 69.4 Å². The fourth-order valence-corrected chi connectivity index (χ4v) is 4.91. The number of nitrogens with zero attached hydrogens (tertiary/aromatic N) is 1. The molecular formula is C21H25N2O3S+. The van der Waals surface area contributed by atoms with Crippen molar-refractivity contribution >= 4 is 15.7 Å². The zero-order valence-electron chi connectivity index (χ0n) is 15.6. The van der Waals surface area contributed by atoms with Gasteiger partial charge in [-0.1, -0.05) is 36.4 Å². The van der Waals surface area contributed by atoms with E-state index < -0.39 is 10.0 Å². The number of rotatable bonds is 6. The molecule has 0 bridgehead atoms. The zero-order valence-corrected chi connectivity index (χ0v) is 16.4. The summed E-state index contributed by atoms with van der Waals surface area (Å²) in [6.45, 7) is 2.31. The minimum atomic E-state index is -3.47. The molecule has 6 heteroatoms. The average molecular weight is 386 g/mol. The smallest absolute Gasteiger partial charge is 0.306 e. The molecule has 1 aliphatic heterocycles. The van der Waals surface area contributed by atoms with E-state index in [9.17, 15) is 8.42 Å². The standard InChI is InChI=1S/C21H25N2O3S/c1-3-27(24,25)23(13-7-8-17(15-22)16-23)19-10-6-9-18(14-19)20-11-4-5-12-21(20)26-2/h4-12,14,16H,3,13,15,22H2,1-2H3/q+1.